The molecule has 19 heavy (non-hydrogen) atoms. The standard InChI is InChI=1S/C14H24N4O/c1-10(2)16-9-13-14(18(4)7-8-19-13)12-5-6-15-11(3)17-12/h5-6,10,13-14,16H,7-9H2,1-4H3. The van der Waals surface area contributed by atoms with Crippen LogP contribution in [-0.2, 0) is 4.74 Å². The van der Waals surface area contributed by atoms with Crippen molar-refractivity contribution in [2.45, 2.75) is 39.0 Å². The molecule has 1 aliphatic heterocycles. The van der Waals surface area contributed by atoms with E-state index >= 15 is 0 Å². The first kappa shape index (κ1) is 14.4. The molecule has 1 fully saturated rings. The van der Waals surface area contributed by atoms with Gasteiger partial charge < -0.3 is 10.1 Å². The number of likely N-dealkylation sites (N-methyl/N-ethyl adjacent to an activating group) is 1. The SMILES string of the molecule is Cc1nccc(C2C(CNC(C)C)OCCN2C)n1. The summed E-state index contributed by atoms with van der Waals surface area (Å²) < 4.78 is 5.94. The smallest absolute Gasteiger partial charge is 0.125 e. The van der Waals surface area contributed by atoms with Crippen molar-refractivity contribution < 1.29 is 4.74 Å². The summed E-state index contributed by atoms with van der Waals surface area (Å²) in [5.41, 5.74) is 1.05. The second kappa shape index (κ2) is 6.41. The fraction of sp³-hybridized carbons (Fsp3) is 0.714. The van der Waals surface area contributed by atoms with Gasteiger partial charge in [-0.05, 0) is 20.0 Å². The monoisotopic (exact) mass is 264 g/mol. The van der Waals surface area contributed by atoms with E-state index in [1.807, 2.05) is 19.2 Å². The van der Waals surface area contributed by atoms with E-state index in [4.69, 9.17) is 4.74 Å². The molecule has 1 aliphatic rings. The van der Waals surface area contributed by atoms with E-state index in [9.17, 15) is 0 Å². The Labute approximate surface area is 115 Å². The minimum Gasteiger partial charge on any atom is -0.374 e. The number of nitrogens with zero attached hydrogens (tertiary/aromatic N) is 3. The third-order valence-electron chi connectivity index (χ3n) is 3.43. The average Bonchev–Trinajstić information content (AvgIpc) is 2.36. The van der Waals surface area contributed by atoms with Crippen molar-refractivity contribution >= 4 is 0 Å². The Morgan fingerprint density at radius 2 is 2.32 bits per heavy atom. The third-order valence-corrected chi connectivity index (χ3v) is 3.43. The van der Waals surface area contributed by atoms with Gasteiger partial charge in [-0.15, -0.1) is 0 Å². The van der Waals surface area contributed by atoms with Crippen LogP contribution in [0.1, 0.15) is 31.4 Å². The molecular formula is C14H24N4O. The molecular weight excluding hydrogens is 240 g/mol. The molecule has 2 atom stereocenters. The van der Waals surface area contributed by atoms with E-state index in [2.05, 4.69) is 41.1 Å². The highest BCUT2D eigenvalue weighted by Crippen LogP contribution is 2.26. The van der Waals surface area contributed by atoms with Crippen molar-refractivity contribution in [1.82, 2.24) is 20.2 Å². The van der Waals surface area contributed by atoms with E-state index in [1.54, 1.807) is 0 Å². The molecule has 1 aromatic heterocycles. The molecule has 0 aliphatic carbocycles. The Morgan fingerprint density at radius 3 is 3.00 bits per heavy atom. The van der Waals surface area contributed by atoms with Gasteiger partial charge in [-0.3, -0.25) is 4.90 Å². The summed E-state index contributed by atoms with van der Waals surface area (Å²) in [6, 6.07) is 2.65. The summed E-state index contributed by atoms with van der Waals surface area (Å²) >= 11 is 0. The van der Waals surface area contributed by atoms with Gasteiger partial charge in [-0.1, -0.05) is 13.8 Å². The maximum Gasteiger partial charge on any atom is 0.125 e. The Morgan fingerprint density at radius 1 is 1.53 bits per heavy atom. The molecule has 5 heteroatoms. The van der Waals surface area contributed by atoms with Gasteiger partial charge >= 0.3 is 0 Å². The van der Waals surface area contributed by atoms with Gasteiger partial charge in [0.25, 0.3) is 0 Å². The van der Waals surface area contributed by atoms with Gasteiger partial charge in [0.05, 0.1) is 24.4 Å². The van der Waals surface area contributed by atoms with Crippen LogP contribution in [-0.4, -0.2) is 53.8 Å². The molecule has 0 saturated carbocycles. The van der Waals surface area contributed by atoms with Crippen molar-refractivity contribution in [3.8, 4) is 0 Å². The molecule has 0 aromatic carbocycles. The number of morpholine rings is 1. The van der Waals surface area contributed by atoms with Crippen LogP contribution in [0.2, 0.25) is 0 Å². The van der Waals surface area contributed by atoms with Crippen LogP contribution in [0.15, 0.2) is 12.3 Å². The lowest BCUT2D eigenvalue weighted by molar-refractivity contribution is -0.0634. The topological polar surface area (TPSA) is 50.3 Å². The Kier molecular flexibility index (Phi) is 4.85. The zero-order valence-corrected chi connectivity index (χ0v) is 12.3. The summed E-state index contributed by atoms with van der Waals surface area (Å²) in [6.07, 6.45) is 1.96. The Balaban J connectivity index is 2.16. The van der Waals surface area contributed by atoms with Crippen molar-refractivity contribution in [3.05, 3.63) is 23.8 Å². The predicted molar refractivity (Wildman–Crippen MR) is 75.0 cm³/mol. The van der Waals surface area contributed by atoms with Gasteiger partial charge in [-0.25, -0.2) is 9.97 Å². The molecule has 2 rings (SSSR count). The zero-order valence-electron chi connectivity index (χ0n) is 12.3. The van der Waals surface area contributed by atoms with Gasteiger partial charge in [0, 0.05) is 25.3 Å². The lowest BCUT2D eigenvalue weighted by Gasteiger charge is -2.39. The highest BCUT2D eigenvalue weighted by atomic mass is 16.5. The lowest BCUT2D eigenvalue weighted by atomic mass is 10.0. The number of aryl methyl sites for hydroxylation is 1. The molecule has 1 N–H and O–H groups in total. The van der Waals surface area contributed by atoms with E-state index in [0.29, 0.717) is 6.04 Å². The molecule has 5 nitrogen and oxygen atoms in total. The minimum atomic E-state index is 0.135. The first-order valence-corrected chi connectivity index (χ1v) is 6.92. The van der Waals surface area contributed by atoms with Crippen molar-refractivity contribution in [3.63, 3.8) is 0 Å². The summed E-state index contributed by atoms with van der Waals surface area (Å²) in [7, 11) is 2.13. The largest absolute Gasteiger partial charge is 0.374 e. The number of hydrogen-bond donors (Lipinski definition) is 1. The Hall–Kier alpha value is -1.04. The van der Waals surface area contributed by atoms with Crippen molar-refractivity contribution in [2.75, 3.05) is 26.7 Å². The molecule has 1 saturated heterocycles. The number of rotatable bonds is 4. The van der Waals surface area contributed by atoms with Crippen LogP contribution in [0.4, 0.5) is 0 Å². The quantitative estimate of drug-likeness (QED) is 0.884. The zero-order chi connectivity index (χ0) is 13.8. The minimum absolute atomic E-state index is 0.135. The normalized spacial score (nSPS) is 24.9. The third kappa shape index (κ3) is 3.72. The number of aromatic nitrogens is 2. The van der Waals surface area contributed by atoms with Gasteiger partial charge in [-0.2, -0.15) is 0 Å². The van der Waals surface area contributed by atoms with Crippen molar-refractivity contribution in [2.24, 2.45) is 0 Å². The summed E-state index contributed by atoms with van der Waals surface area (Å²) in [5, 5.41) is 3.46. The number of hydrogen-bond acceptors (Lipinski definition) is 5. The second-order valence-corrected chi connectivity index (χ2v) is 5.43. The van der Waals surface area contributed by atoms with Crippen LogP contribution < -0.4 is 5.32 Å². The molecule has 2 unspecified atom stereocenters. The van der Waals surface area contributed by atoms with Crippen LogP contribution in [0, 0.1) is 6.92 Å². The molecule has 0 bridgehead atoms. The molecule has 1 aromatic rings. The first-order chi connectivity index (χ1) is 9.08. The highest BCUT2D eigenvalue weighted by molar-refractivity contribution is 5.11. The lowest BCUT2D eigenvalue weighted by Crippen LogP contribution is -2.48. The van der Waals surface area contributed by atoms with E-state index in [-0.39, 0.29) is 12.1 Å². The molecule has 106 valence electrons. The van der Waals surface area contributed by atoms with E-state index in [1.165, 1.54) is 0 Å². The molecule has 0 amide bonds. The second-order valence-electron chi connectivity index (χ2n) is 5.43. The number of nitrogens with one attached hydrogen (secondary N) is 1. The van der Waals surface area contributed by atoms with E-state index in [0.717, 1.165) is 31.2 Å². The first-order valence-electron chi connectivity index (χ1n) is 6.92. The molecule has 2 heterocycles. The van der Waals surface area contributed by atoms with Crippen LogP contribution in [0.5, 0.6) is 0 Å². The summed E-state index contributed by atoms with van der Waals surface area (Å²) in [6.45, 7) is 8.78. The van der Waals surface area contributed by atoms with Gasteiger partial charge in [0.1, 0.15) is 5.82 Å². The fourth-order valence-electron chi connectivity index (χ4n) is 2.44. The summed E-state index contributed by atoms with van der Waals surface area (Å²) in [4.78, 5) is 11.1. The van der Waals surface area contributed by atoms with Crippen LogP contribution in [0.25, 0.3) is 0 Å². The van der Waals surface area contributed by atoms with Crippen molar-refractivity contribution in [1.29, 1.82) is 0 Å². The molecule has 0 spiro atoms. The molecule has 0 radical (unpaired) electrons. The average molecular weight is 264 g/mol. The maximum atomic E-state index is 5.94. The predicted octanol–water partition coefficient (Wildman–Crippen LogP) is 1.15. The van der Waals surface area contributed by atoms with Gasteiger partial charge in [0.2, 0.25) is 0 Å². The van der Waals surface area contributed by atoms with Crippen LogP contribution in [0.3, 0.4) is 0 Å². The fourth-order valence-corrected chi connectivity index (χ4v) is 2.44. The number of ether oxygens (including phenoxy) is 1. The van der Waals surface area contributed by atoms with Crippen LogP contribution >= 0.6 is 0 Å². The van der Waals surface area contributed by atoms with E-state index < -0.39 is 0 Å². The van der Waals surface area contributed by atoms with Gasteiger partial charge in [0.15, 0.2) is 0 Å². The highest BCUT2D eigenvalue weighted by Gasteiger charge is 2.32. The summed E-state index contributed by atoms with van der Waals surface area (Å²) in [5.74, 6) is 0.812. The maximum absolute atomic E-state index is 5.94. The Bertz CT molecular complexity index is 410.